The van der Waals surface area contributed by atoms with Crippen LogP contribution in [0, 0.1) is 19.8 Å². The number of hydrogen-bond acceptors (Lipinski definition) is 4. The number of benzene rings is 1. The van der Waals surface area contributed by atoms with Gasteiger partial charge in [0.25, 0.3) is 5.91 Å². The molecule has 3 amide bonds. The van der Waals surface area contributed by atoms with Gasteiger partial charge in [0.1, 0.15) is 11.4 Å². The van der Waals surface area contributed by atoms with E-state index < -0.39 is 11.6 Å². The van der Waals surface area contributed by atoms with Gasteiger partial charge in [-0.25, -0.2) is 4.79 Å². The van der Waals surface area contributed by atoms with E-state index in [9.17, 15) is 9.59 Å². The Hall–Kier alpha value is -2.19. The van der Waals surface area contributed by atoms with Crippen LogP contribution in [0.3, 0.4) is 0 Å². The number of nitrogens with zero attached hydrogens (tertiary/aromatic N) is 3. The van der Waals surface area contributed by atoms with Gasteiger partial charge in [-0.3, -0.25) is 19.0 Å². The Morgan fingerprint density at radius 3 is 2.31 bits per heavy atom. The summed E-state index contributed by atoms with van der Waals surface area (Å²) in [6, 6.07) is 3.64. The second-order valence-electron chi connectivity index (χ2n) is 10.2. The lowest BCUT2D eigenvalue weighted by atomic mass is 9.89. The zero-order valence-electron chi connectivity index (χ0n) is 23.0. The maximum atomic E-state index is 13.0. The Morgan fingerprint density at radius 2 is 1.81 bits per heavy atom. The molecular formula is C28H45N5O2S. The van der Waals surface area contributed by atoms with Crippen LogP contribution in [-0.4, -0.2) is 58.9 Å². The Morgan fingerprint density at radius 1 is 1.22 bits per heavy atom. The number of carbonyl (C=O) groups excluding carboxylic acids is 2. The van der Waals surface area contributed by atoms with Crippen LogP contribution < -0.4 is 16.0 Å². The molecule has 2 aliphatic heterocycles. The van der Waals surface area contributed by atoms with Crippen LogP contribution in [0.5, 0.6) is 0 Å². The number of hydrogen-bond donors (Lipinski definition) is 2. The first kappa shape index (κ1) is 28.4. The van der Waals surface area contributed by atoms with E-state index in [1.807, 2.05) is 12.1 Å². The second kappa shape index (κ2) is 12.4. The molecule has 1 aromatic rings. The molecule has 200 valence electrons. The highest BCUT2D eigenvalue weighted by Gasteiger charge is 2.46. The van der Waals surface area contributed by atoms with Gasteiger partial charge in [0.05, 0.1) is 0 Å². The summed E-state index contributed by atoms with van der Waals surface area (Å²) in [5.74, 6) is 2.48. The minimum atomic E-state index is -0.566. The van der Waals surface area contributed by atoms with Gasteiger partial charge in [-0.2, -0.15) is 0 Å². The van der Waals surface area contributed by atoms with Crippen molar-refractivity contribution in [1.29, 1.82) is 0 Å². The lowest BCUT2D eigenvalue weighted by Gasteiger charge is -2.37. The molecule has 36 heavy (non-hydrogen) atoms. The molecule has 8 heteroatoms. The third kappa shape index (κ3) is 6.20. The summed E-state index contributed by atoms with van der Waals surface area (Å²) in [5, 5.41) is 5.49. The summed E-state index contributed by atoms with van der Waals surface area (Å²) >= 11 is 0. The largest absolute Gasteiger partial charge is 0.351 e. The average molecular weight is 516 g/mol. The zero-order valence-corrected chi connectivity index (χ0v) is 23.8. The number of rotatable bonds is 10. The van der Waals surface area contributed by atoms with Gasteiger partial charge in [-0.05, 0) is 81.7 Å². The smallest absolute Gasteiger partial charge is 0.318 e. The summed E-state index contributed by atoms with van der Waals surface area (Å²) in [6.45, 7) is 12.6. The first-order chi connectivity index (χ1) is 17.2. The number of anilines is 1. The number of nitrogens with two attached hydrogens (primary N) is 1. The molecule has 1 aromatic carbocycles. The Labute approximate surface area is 220 Å². The van der Waals surface area contributed by atoms with Crippen LogP contribution >= 0.6 is 10.7 Å². The molecule has 3 N–H and O–H groups in total. The average Bonchev–Trinajstić information content (AvgIpc) is 3.16. The van der Waals surface area contributed by atoms with Gasteiger partial charge in [0.15, 0.2) is 0 Å². The van der Waals surface area contributed by atoms with Gasteiger partial charge >= 0.3 is 6.03 Å². The quantitative estimate of drug-likeness (QED) is 0.432. The van der Waals surface area contributed by atoms with Crippen LogP contribution in [0.15, 0.2) is 17.1 Å². The highest BCUT2D eigenvalue weighted by atomic mass is 32.2. The van der Waals surface area contributed by atoms with Gasteiger partial charge in [0, 0.05) is 37.5 Å². The third-order valence-electron chi connectivity index (χ3n) is 7.77. The van der Waals surface area contributed by atoms with Gasteiger partial charge in [-0.1, -0.05) is 32.1 Å². The topological polar surface area (TPSA) is 91.0 Å². The fourth-order valence-electron chi connectivity index (χ4n) is 5.57. The standard InChI is InChI=1S/C28H45N5O2S/c1-7-10-22(11-8-2)25-30-26(34)28(31-25)13-15-33(16-14-28)36(9-3)17-12-24-20(4)18-23(19-21(24)5)32(6)27(29)35/h9,18-19,22H,7-8,10-17H2,1-6H3,(H2,29,35)(H,30,31,34). The second-order valence-corrected chi connectivity index (χ2v) is 12.4. The number of aliphatic imine (C=N–C) groups is 1. The summed E-state index contributed by atoms with van der Waals surface area (Å²) < 4.78 is 2.54. The molecule has 0 aromatic heterocycles. The van der Waals surface area contributed by atoms with E-state index in [-0.39, 0.29) is 16.6 Å². The molecule has 1 saturated heterocycles. The number of urea groups is 1. The third-order valence-corrected chi connectivity index (χ3v) is 9.97. The molecule has 0 saturated carbocycles. The molecule has 0 aliphatic carbocycles. The maximum absolute atomic E-state index is 13.0. The van der Waals surface area contributed by atoms with Gasteiger partial charge in [-0.15, -0.1) is 10.7 Å². The first-order valence-corrected chi connectivity index (χ1v) is 14.9. The lowest BCUT2D eigenvalue weighted by molar-refractivity contribution is -0.124. The van der Waals surface area contributed by atoms with Crippen molar-refractivity contribution < 1.29 is 9.59 Å². The molecule has 1 fully saturated rings. The first-order valence-electron chi connectivity index (χ1n) is 13.4. The number of amidine groups is 1. The number of nitrogens with one attached hydrogen (secondary N) is 1. The van der Waals surface area contributed by atoms with E-state index in [4.69, 9.17) is 10.7 Å². The lowest BCUT2D eigenvalue weighted by Crippen LogP contribution is -2.48. The van der Waals surface area contributed by atoms with E-state index in [2.05, 4.69) is 49.6 Å². The monoisotopic (exact) mass is 515 g/mol. The van der Waals surface area contributed by atoms with Crippen LogP contribution in [0.4, 0.5) is 10.5 Å². The molecule has 2 heterocycles. The highest BCUT2D eigenvalue weighted by Crippen LogP contribution is 2.36. The van der Waals surface area contributed by atoms with Crippen molar-refractivity contribution in [1.82, 2.24) is 9.62 Å². The van der Waals surface area contributed by atoms with Gasteiger partial charge in [0.2, 0.25) is 0 Å². The Bertz CT molecular complexity index is 998. The van der Waals surface area contributed by atoms with Crippen molar-refractivity contribution in [3.8, 4) is 0 Å². The van der Waals surface area contributed by atoms with E-state index in [0.29, 0.717) is 5.92 Å². The van der Waals surface area contributed by atoms with E-state index in [0.717, 1.165) is 75.3 Å². The SMILES string of the molecule is C/C=S(\CCc1c(C)cc(N(C)C(N)=O)cc1C)N1CCC2(CC1)N=C(C(CCC)CCC)NC2=O. The summed E-state index contributed by atoms with van der Waals surface area (Å²) in [6.07, 6.45) is 6.95. The number of carbonyl (C=O) groups is 2. The molecule has 1 unspecified atom stereocenters. The highest BCUT2D eigenvalue weighted by molar-refractivity contribution is 8.12. The summed E-state index contributed by atoms with van der Waals surface area (Å²) in [5.41, 5.74) is 9.43. The van der Waals surface area contributed by atoms with Gasteiger partial charge < -0.3 is 11.1 Å². The van der Waals surface area contributed by atoms with E-state index in [1.54, 1.807) is 7.05 Å². The molecule has 7 nitrogen and oxygen atoms in total. The fraction of sp³-hybridized carbons (Fsp3) is 0.643. The molecule has 1 spiro atoms. The van der Waals surface area contributed by atoms with Crippen molar-refractivity contribution in [2.75, 3.05) is 30.8 Å². The van der Waals surface area contributed by atoms with Crippen LogP contribution in [0.2, 0.25) is 0 Å². The van der Waals surface area contributed by atoms with Crippen LogP contribution in [-0.2, 0) is 11.2 Å². The maximum Gasteiger partial charge on any atom is 0.318 e. The van der Waals surface area contributed by atoms with Crippen molar-refractivity contribution in [2.24, 2.45) is 16.6 Å². The van der Waals surface area contributed by atoms with E-state index in [1.165, 1.54) is 21.6 Å². The summed E-state index contributed by atoms with van der Waals surface area (Å²) in [4.78, 5) is 31.1. The van der Waals surface area contributed by atoms with Crippen LogP contribution in [0.25, 0.3) is 0 Å². The number of piperidine rings is 1. The van der Waals surface area contributed by atoms with Crippen molar-refractivity contribution in [3.63, 3.8) is 0 Å². The minimum Gasteiger partial charge on any atom is -0.351 e. The number of primary amides is 1. The molecule has 2 aliphatic rings. The zero-order chi connectivity index (χ0) is 26.5. The normalized spacial score (nSPS) is 18.5. The van der Waals surface area contributed by atoms with E-state index >= 15 is 0 Å². The minimum absolute atomic E-state index is 0.0356. The predicted octanol–water partition coefficient (Wildman–Crippen LogP) is 4.95. The molecule has 0 bridgehead atoms. The Balaban J connectivity index is 1.65. The molecular weight excluding hydrogens is 470 g/mol. The van der Waals surface area contributed by atoms with Crippen molar-refractivity contribution >= 4 is 39.5 Å². The van der Waals surface area contributed by atoms with Crippen molar-refractivity contribution in [2.45, 2.75) is 85.1 Å². The van der Waals surface area contributed by atoms with Crippen LogP contribution in [0.1, 0.15) is 76.0 Å². The Kier molecular flexibility index (Phi) is 9.75. The molecule has 3 rings (SSSR count). The summed E-state index contributed by atoms with van der Waals surface area (Å²) in [7, 11) is 1.74. The number of amides is 3. The molecule has 1 atom stereocenters. The number of aryl methyl sites for hydroxylation is 2. The fourth-order valence-corrected chi connectivity index (χ4v) is 7.42. The molecule has 0 radical (unpaired) electrons. The van der Waals surface area contributed by atoms with Crippen molar-refractivity contribution in [3.05, 3.63) is 28.8 Å². The predicted molar refractivity (Wildman–Crippen MR) is 154 cm³/mol.